The van der Waals surface area contributed by atoms with Crippen molar-refractivity contribution in [1.29, 1.82) is 0 Å². The summed E-state index contributed by atoms with van der Waals surface area (Å²) in [6.07, 6.45) is 2.33. The van der Waals surface area contributed by atoms with Gasteiger partial charge in [-0.2, -0.15) is 8.42 Å². The first-order valence-corrected chi connectivity index (χ1v) is 11.0. The summed E-state index contributed by atoms with van der Waals surface area (Å²) in [5, 5.41) is 9.46. The van der Waals surface area contributed by atoms with E-state index in [0.717, 1.165) is 5.56 Å². The van der Waals surface area contributed by atoms with Gasteiger partial charge in [-0.3, -0.25) is 4.79 Å². The van der Waals surface area contributed by atoms with Crippen molar-refractivity contribution >= 4 is 38.6 Å². The van der Waals surface area contributed by atoms with E-state index < -0.39 is 21.5 Å². The molecule has 2 heterocycles. The molecule has 0 spiro atoms. The molecule has 156 valence electrons. The van der Waals surface area contributed by atoms with Crippen LogP contribution in [0, 0.1) is 6.92 Å². The van der Waals surface area contributed by atoms with E-state index in [1.807, 2.05) is 13.8 Å². The van der Waals surface area contributed by atoms with Crippen molar-refractivity contribution in [1.82, 2.24) is 4.57 Å². The maximum Gasteiger partial charge on any atom is 0.341 e. The van der Waals surface area contributed by atoms with Crippen LogP contribution < -0.4 is 9.61 Å². The minimum Gasteiger partial charge on any atom is -0.477 e. The highest BCUT2D eigenvalue weighted by atomic mass is 35.5. The van der Waals surface area contributed by atoms with Crippen LogP contribution in [-0.4, -0.2) is 24.1 Å². The Labute approximate surface area is 177 Å². The Morgan fingerprint density at radius 1 is 1.27 bits per heavy atom. The van der Waals surface area contributed by atoms with Crippen molar-refractivity contribution < 1.29 is 22.5 Å². The number of carboxylic acids is 1. The Hall–Kier alpha value is -2.84. The highest BCUT2D eigenvalue weighted by molar-refractivity contribution is 7.87. The van der Waals surface area contributed by atoms with Gasteiger partial charge < -0.3 is 13.9 Å². The molecule has 1 aliphatic heterocycles. The molecule has 1 aliphatic rings. The van der Waals surface area contributed by atoms with Gasteiger partial charge in [0.1, 0.15) is 10.5 Å². The van der Waals surface area contributed by atoms with E-state index in [-0.39, 0.29) is 32.7 Å². The molecule has 1 unspecified atom stereocenters. The molecule has 0 saturated carbocycles. The third-order valence-electron chi connectivity index (χ3n) is 5.34. The van der Waals surface area contributed by atoms with Gasteiger partial charge in [0, 0.05) is 23.2 Å². The van der Waals surface area contributed by atoms with Gasteiger partial charge in [-0.05, 0) is 44.9 Å². The molecule has 2 aromatic carbocycles. The first kappa shape index (κ1) is 20.4. The monoisotopic (exact) mass is 447 g/mol. The minimum absolute atomic E-state index is 0.0146. The van der Waals surface area contributed by atoms with Crippen LogP contribution in [-0.2, 0) is 16.5 Å². The largest absolute Gasteiger partial charge is 0.477 e. The zero-order valence-electron chi connectivity index (χ0n) is 16.2. The van der Waals surface area contributed by atoms with Crippen molar-refractivity contribution in [2.24, 2.45) is 0 Å². The number of aryl methyl sites for hydroxylation is 2. The van der Waals surface area contributed by atoms with Gasteiger partial charge in [-0.25, -0.2) is 4.79 Å². The number of aromatic carboxylic acids is 1. The van der Waals surface area contributed by atoms with Crippen LogP contribution in [0.5, 0.6) is 5.75 Å². The quantitative estimate of drug-likeness (QED) is 0.608. The Morgan fingerprint density at radius 3 is 2.57 bits per heavy atom. The highest BCUT2D eigenvalue weighted by Crippen LogP contribution is 2.41. The molecule has 0 radical (unpaired) electrons. The van der Waals surface area contributed by atoms with E-state index in [9.17, 15) is 23.1 Å². The molecule has 4 rings (SSSR count). The lowest BCUT2D eigenvalue weighted by atomic mass is 9.95. The Bertz CT molecular complexity index is 1360. The van der Waals surface area contributed by atoms with Gasteiger partial charge in [0.25, 0.3) is 0 Å². The number of hydrogen-bond acceptors (Lipinski definition) is 5. The Balaban J connectivity index is 1.96. The topological polar surface area (TPSA) is 103 Å². The molecule has 0 saturated heterocycles. The fourth-order valence-electron chi connectivity index (χ4n) is 3.73. The van der Waals surface area contributed by atoms with Gasteiger partial charge in [0.15, 0.2) is 5.75 Å². The fraction of sp³-hybridized carbons (Fsp3) is 0.238. The Morgan fingerprint density at radius 2 is 1.93 bits per heavy atom. The van der Waals surface area contributed by atoms with E-state index in [2.05, 4.69) is 0 Å². The molecule has 1 atom stereocenters. The van der Waals surface area contributed by atoms with Crippen LogP contribution in [0.2, 0.25) is 5.02 Å². The van der Waals surface area contributed by atoms with E-state index in [4.69, 9.17) is 15.8 Å². The third kappa shape index (κ3) is 3.26. The van der Waals surface area contributed by atoms with E-state index in [0.29, 0.717) is 23.9 Å². The lowest BCUT2D eigenvalue weighted by molar-refractivity contribution is 0.0694. The lowest BCUT2D eigenvalue weighted by Crippen LogP contribution is -2.24. The normalized spacial score (nSPS) is 15.9. The summed E-state index contributed by atoms with van der Waals surface area (Å²) in [6.45, 7) is 3.74. The second-order valence-electron chi connectivity index (χ2n) is 7.38. The van der Waals surface area contributed by atoms with Crippen molar-refractivity contribution in [3.05, 3.63) is 68.5 Å². The molecule has 0 fully saturated rings. The predicted octanol–water partition coefficient (Wildman–Crippen LogP) is 3.94. The molecule has 3 aromatic rings. The van der Waals surface area contributed by atoms with Crippen LogP contribution in [0.4, 0.5) is 0 Å². The van der Waals surface area contributed by atoms with E-state index in [1.54, 1.807) is 16.7 Å². The molecule has 1 aromatic heterocycles. The van der Waals surface area contributed by atoms with Gasteiger partial charge in [0.05, 0.1) is 10.5 Å². The number of aromatic nitrogens is 1. The van der Waals surface area contributed by atoms with Crippen molar-refractivity contribution in [2.75, 3.05) is 0 Å². The number of carboxylic acid groups (broad SMARTS) is 1. The predicted molar refractivity (Wildman–Crippen MR) is 112 cm³/mol. The summed E-state index contributed by atoms with van der Waals surface area (Å²) >= 11 is 6.34. The zero-order valence-corrected chi connectivity index (χ0v) is 17.7. The van der Waals surface area contributed by atoms with Gasteiger partial charge in [0.2, 0.25) is 5.43 Å². The summed E-state index contributed by atoms with van der Waals surface area (Å²) in [5.74, 6) is -1.36. The van der Waals surface area contributed by atoms with Crippen molar-refractivity contribution in [2.45, 2.75) is 37.6 Å². The SMILES string of the molecule is Cc1ccc(S(=O)(=O)Oc2c(Cl)cc3c(=O)c(C(=O)O)cn4c3c2CCC4C)cc1. The minimum atomic E-state index is -4.15. The van der Waals surface area contributed by atoms with Crippen LogP contribution in [0.1, 0.15) is 40.9 Å². The molecule has 0 bridgehead atoms. The highest BCUT2D eigenvalue weighted by Gasteiger charge is 2.29. The number of hydrogen-bond donors (Lipinski definition) is 1. The second kappa shape index (κ2) is 7.14. The molecule has 30 heavy (non-hydrogen) atoms. The third-order valence-corrected chi connectivity index (χ3v) is 6.86. The maximum atomic E-state index is 12.8. The number of benzene rings is 2. The molecule has 0 amide bonds. The number of carbonyl (C=O) groups is 1. The van der Waals surface area contributed by atoms with Crippen molar-refractivity contribution in [3.63, 3.8) is 0 Å². The van der Waals surface area contributed by atoms with Gasteiger partial charge >= 0.3 is 16.1 Å². The number of nitrogens with zero attached hydrogens (tertiary/aromatic N) is 1. The first-order valence-electron chi connectivity index (χ1n) is 9.25. The second-order valence-corrected chi connectivity index (χ2v) is 9.34. The average molecular weight is 448 g/mol. The molecule has 7 nitrogen and oxygen atoms in total. The van der Waals surface area contributed by atoms with Crippen LogP contribution >= 0.6 is 11.6 Å². The van der Waals surface area contributed by atoms with E-state index >= 15 is 0 Å². The summed E-state index contributed by atoms with van der Waals surface area (Å²) in [6, 6.07) is 7.42. The molecular weight excluding hydrogens is 430 g/mol. The smallest absolute Gasteiger partial charge is 0.341 e. The molecule has 9 heteroatoms. The molecule has 1 N–H and O–H groups in total. The standard InChI is InChI=1S/C21H18ClNO6S/c1-11-3-6-13(7-4-11)30(27,28)29-20-14-8-5-12(2)23-10-16(21(25)26)19(24)15(18(14)23)9-17(20)22/h3-4,6-7,9-10,12H,5,8H2,1-2H3,(H,25,26). The Kier molecular flexibility index (Phi) is 4.86. The average Bonchev–Trinajstić information content (AvgIpc) is 2.68. The van der Waals surface area contributed by atoms with Crippen LogP contribution in [0.15, 0.2) is 46.2 Å². The zero-order chi connectivity index (χ0) is 21.8. The van der Waals surface area contributed by atoms with Crippen LogP contribution in [0.3, 0.4) is 0 Å². The van der Waals surface area contributed by atoms with Gasteiger partial charge in [-0.1, -0.05) is 29.3 Å². The number of halogens is 1. The summed E-state index contributed by atoms with van der Waals surface area (Å²) in [4.78, 5) is 24.2. The summed E-state index contributed by atoms with van der Waals surface area (Å²) in [5.41, 5.74) is 0.792. The van der Waals surface area contributed by atoms with E-state index in [1.165, 1.54) is 24.4 Å². The summed E-state index contributed by atoms with van der Waals surface area (Å²) in [7, 11) is -4.15. The number of rotatable bonds is 4. The molecular formula is C21H18ClNO6S. The maximum absolute atomic E-state index is 12.8. The first-order chi connectivity index (χ1) is 14.1. The lowest BCUT2D eigenvalue weighted by Gasteiger charge is -2.28. The number of pyridine rings is 1. The molecule has 0 aliphatic carbocycles. The van der Waals surface area contributed by atoms with Crippen LogP contribution in [0.25, 0.3) is 10.9 Å². The summed E-state index contributed by atoms with van der Waals surface area (Å²) < 4.78 is 32.8. The fourth-order valence-corrected chi connectivity index (χ4v) is 5.01. The van der Waals surface area contributed by atoms with Gasteiger partial charge in [-0.15, -0.1) is 0 Å². The van der Waals surface area contributed by atoms with Crippen molar-refractivity contribution in [3.8, 4) is 5.75 Å².